The number of morpholine rings is 1. The molecule has 2 aromatic rings. The van der Waals surface area contributed by atoms with E-state index in [4.69, 9.17) is 4.74 Å². The summed E-state index contributed by atoms with van der Waals surface area (Å²) >= 11 is 0. The van der Waals surface area contributed by atoms with E-state index < -0.39 is 15.8 Å². The van der Waals surface area contributed by atoms with Crippen LogP contribution in [-0.4, -0.2) is 56.6 Å². The molecule has 2 N–H and O–H groups in total. The first-order valence-electron chi connectivity index (χ1n) is 10.9. The number of anilines is 1. The molecule has 2 atom stereocenters. The zero-order valence-electron chi connectivity index (χ0n) is 19.7. The molecular formula is C24H32FN3O4S. The molecule has 1 aliphatic rings. The van der Waals surface area contributed by atoms with Crippen molar-refractivity contribution in [3.05, 3.63) is 59.4 Å². The monoisotopic (exact) mass is 477 g/mol. The fourth-order valence-corrected chi connectivity index (χ4v) is 5.27. The van der Waals surface area contributed by atoms with Crippen LogP contribution in [0.4, 0.5) is 10.1 Å². The maximum Gasteiger partial charge on any atom is 0.262 e. The van der Waals surface area contributed by atoms with E-state index in [0.717, 1.165) is 13.1 Å². The van der Waals surface area contributed by atoms with Crippen LogP contribution in [-0.2, 0) is 14.8 Å². The third-order valence-electron chi connectivity index (χ3n) is 5.79. The molecule has 0 bridgehead atoms. The number of hydrogen-bond donors (Lipinski definition) is 2. The smallest absolute Gasteiger partial charge is 0.262 e. The number of nitrogens with one attached hydrogen (secondary N) is 2. The van der Waals surface area contributed by atoms with Crippen molar-refractivity contribution < 1.29 is 22.3 Å². The molecule has 7 nitrogen and oxygen atoms in total. The van der Waals surface area contributed by atoms with Gasteiger partial charge in [-0.25, -0.2) is 12.8 Å². The Morgan fingerprint density at radius 3 is 2.33 bits per heavy atom. The lowest BCUT2D eigenvalue weighted by Gasteiger charge is -2.45. The highest BCUT2D eigenvalue weighted by atomic mass is 32.2. The second kappa shape index (κ2) is 9.79. The van der Waals surface area contributed by atoms with E-state index in [0.29, 0.717) is 12.1 Å². The molecule has 180 valence electrons. The van der Waals surface area contributed by atoms with Gasteiger partial charge in [0.05, 0.1) is 17.1 Å². The van der Waals surface area contributed by atoms with E-state index in [1.807, 2.05) is 13.8 Å². The van der Waals surface area contributed by atoms with Crippen LogP contribution < -0.4 is 10.0 Å². The van der Waals surface area contributed by atoms with Crippen LogP contribution in [0, 0.1) is 12.7 Å². The minimum absolute atomic E-state index is 0.00503. The average Bonchev–Trinajstić information content (AvgIpc) is 2.73. The third-order valence-corrected chi connectivity index (χ3v) is 7.32. The third kappa shape index (κ3) is 6.31. The molecular weight excluding hydrogens is 445 g/mol. The molecule has 9 heteroatoms. The topological polar surface area (TPSA) is 87.7 Å². The predicted molar refractivity (Wildman–Crippen MR) is 126 cm³/mol. The quantitative estimate of drug-likeness (QED) is 0.637. The van der Waals surface area contributed by atoms with Crippen LogP contribution in [0.2, 0.25) is 0 Å². The lowest BCUT2D eigenvalue weighted by molar-refractivity contribution is -0.0948. The molecule has 0 saturated carbocycles. The van der Waals surface area contributed by atoms with Crippen LogP contribution >= 0.6 is 0 Å². The summed E-state index contributed by atoms with van der Waals surface area (Å²) < 4.78 is 47.2. The number of carbonyl (C=O) groups is 1. The molecule has 1 saturated heterocycles. The Bertz CT molecular complexity index is 1090. The van der Waals surface area contributed by atoms with Crippen molar-refractivity contribution >= 4 is 21.6 Å². The molecule has 0 aromatic heterocycles. The molecule has 0 unspecified atom stereocenters. The van der Waals surface area contributed by atoms with Gasteiger partial charge in [-0.15, -0.1) is 0 Å². The maximum atomic E-state index is 13.1. The first kappa shape index (κ1) is 25.1. The summed E-state index contributed by atoms with van der Waals surface area (Å²) in [5.41, 5.74) is 0.685. The largest absolute Gasteiger partial charge is 0.373 e. The van der Waals surface area contributed by atoms with Crippen molar-refractivity contribution in [2.45, 2.75) is 57.3 Å². The second-order valence-corrected chi connectivity index (χ2v) is 10.9. The molecule has 33 heavy (non-hydrogen) atoms. The van der Waals surface area contributed by atoms with Crippen LogP contribution in [0.5, 0.6) is 0 Å². The zero-order valence-corrected chi connectivity index (χ0v) is 20.5. The van der Waals surface area contributed by atoms with Crippen molar-refractivity contribution in [2.24, 2.45) is 0 Å². The minimum atomic E-state index is -3.96. The predicted octanol–water partition coefficient (Wildman–Crippen LogP) is 3.55. The van der Waals surface area contributed by atoms with E-state index in [-0.39, 0.29) is 39.8 Å². The normalized spacial score (nSPS) is 19.8. The van der Waals surface area contributed by atoms with Crippen molar-refractivity contribution in [3.8, 4) is 0 Å². The van der Waals surface area contributed by atoms with E-state index in [1.165, 1.54) is 30.3 Å². The summed E-state index contributed by atoms with van der Waals surface area (Å²) in [4.78, 5) is 15.2. The summed E-state index contributed by atoms with van der Waals surface area (Å²) in [6, 6.07) is 9.60. The summed E-state index contributed by atoms with van der Waals surface area (Å²) in [5.74, 6) is -0.813. The Labute approximate surface area is 195 Å². The Morgan fingerprint density at radius 2 is 1.73 bits per heavy atom. The number of sulfonamides is 1. The van der Waals surface area contributed by atoms with Crippen LogP contribution in [0.15, 0.2) is 47.4 Å². The number of benzene rings is 2. The number of hydrogen-bond acceptors (Lipinski definition) is 5. The number of ether oxygens (including phenoxy) is 1. The number of halogens is 1. The number of nitrogens with zero attached hydrogens (tertiary/aromatic N) is 1. The van der Waals surface area contributed by atoms with Crippen LogP contribution in [0.1, 0.15) is 43.6 Å². The highest BCUT2D eigenvalue weighted by Gasteiger charge is 2.33. The van der Waals surface area contributed by atoms with Crippen molar-refractivity contribution in [3.63, 3.8) is 0 Å². The van der Waals surface area contributed by atoms with Gasteiger partial charge in [-0.1, -0.05) is 6.07 Å². The van der Waals surface area contributed by atoms with Gasteiger partial charge in [0, 0.05) is 36.4 Å². The van der Waals surface area contributed by atoms with Gasteiger partial charge in [-0.2, -0.15) is 0 Å². The molecule has 2 aromatic carbocycles. The van der Waals surface area contributed by atoms with Crippen molar-refractivity contribution in [1.82, 2.24) is 10.2 Å². The minimum Gasteiger partial charge on any atom is -0.373 e. The first-order valence-corrected chi connectivity index (χ1v) is 12.4. The Balaban J connectivity index is 1.72. The molecule has 0 spiro atoms. The van der Waals surface area contributed by atoms with Gasteiger partial charge in [0.1, 0.15) is 5.82 Å². The summed E-state index contributed by atoms with van der Waals surface area (Å²) in [6.45, 7) is 11.8. The van der Waals surface area contributed by atoms with Gasteiger partial charge in [0.2, 0.25) is 0 Å². The summed E-state index contributed by atoms with van der Waals surface area (Å²) in [7, 11) is -3.96. The molecule has 1 amide bonds. The number of aryl methyl sites for hydroxylation is 1. The molecule has 1 heterocycles. The molecule has 1 aliphatic heterocycles. The molecule has 3 rings (SSSR count). The lowest BCUT2D eigenvalue weighted by Crippen LogP contribution is -2.58. The number of rotatable bonds is 7. The summed E-state index contributed by atoms with van der Waals surface area (Å²) in [5, 5.41) is 2.94. The fourth-order valence-electron chi connectivity index (χ4n) is 3.94. The Morgan fingerprint density at radius 1 is 1.12 bits per heavy atom. The van der Waals surface area contributed by atoms with Gasteiger partial charge >= 0.3 is 0 Å². The standard InChI is InChI=1S/C24H32FN3O4S/c1-16-6-7-19(12-22(16)33(30,31)27-21-10-8-20(25)9-11-21)23(29)26-15-24(4,5)28-13-17(2)32-18(3)14-28/h6-12,17-18,27H,13-15H2,1-5H3,(H,26,29)/t17-,18-/m0/s1. The van der Waals surface area contributed by atoms with Crippen LogP contribution in [0.25, 0.3) is 0 Å². The van der Waals surface area contributed by atoms with Crippen LogP contribution in [0.3, 0.4) is 0 Å². The first-order chi connectivity index (χ1) is 15.4. The van der Waals surface area contributed by atoms with E-state index in [2.05, 4.69) is 28.8 Å². The van der Waals surface area contributed by atoms with Gasteiger partial charge in [0.25, 0.3) is 15.9 Å². The van der Waals surface area contributed by atoms with Gasteiger partial charge < -0.3 is 10.1 Å². The molecule has 1 fully saturated rings. The van der Waals surface area contributed by atoms with Crippen molar-refractivity contribution in [1.29, 1.82) is 0 Å². The Hall–Kier alpha value is -2.49. The molecule has 0 aliphatic carbocycles. The number of amides is 1. The number of carbonyl (C=O) groups excluding carboxylic acids is 1. The van der Waals surface area contributed by atoms with Gasteiger partial charge in [0.15, 0.2) is 0 Å². The maximum absolute atomic E-state index is 13.1. The second-order valence-electron chi connectivity index (χ2n) is 9.25. The highest BCUT2D eigenvalue weighted by molar-refractivity contribution is 7.92. The molecule has 0 radical (unpaired) electrons. The van der Waals surface area contributed by atoms with E-state index in [1.54, 1.807) is 19.1 Å². The SMILES string of the molecule is Cc1ccc(C(=O)NCC(C)(C)N2C[C@H](C)O[C@@H](C)C2)cc1S(=O)(=O)Nc1ccc(F)cc1. The fraction of sp³-hybridized carbons (Fsp3) is 0.458. The van der Waals surface area contributed by atoms with Crippen molar-refractivity contribution in [2.75, 3.05) is 24.4 Å². The highest BCUT2D eigenvalue weighted by Crippen LogP contribution is 2.23. The zero-order chi connectivity index (χ0) is 24.4. The Kier molecular flexibility index (Phi) is 7.45. The van der Waals surface area contributed by atoms with Gasteiger partial charge in [-0.3, -0.25) is 14.4 Å². The van der Waals surface area contributed by atoms with E-state index >= 15 is 0 Å². The summed E-state index contributed by atoms with van der Waals surface area (Å²) in [6.07, 6.45) is 0.226. The average molecular weight is 478 g/mol. The van der Waals surface area contributed by atoms with Gasteiger partial charge in [-0.05, 0) is 76.6 Å². The lowest BCUT2D eigenvalue weighted by atomic mass is 10.00. The van der Waals surface area contributed by atoms with E-state index in [9.17, 15) is 17.6 Å².